The van der Waals surface area contributed by atoms with E-state index in [1.54, 1.807) is 24.3 Å². The average molecular weight is 308 g/mol. The highest BCUT2D eigenvalue weighted by Gasteiger charge is 2.17. The van der Waals surface area contributed by atoms with Crippen LogP contribution in [0.1, 0.15) is 15.9 Å². The van der Waals surface area contributed by atoms with Crippen LogP contribution in [0.3, 0.4) is 0 Å². The van der Waals surface area contributed by atoms with Gasteiger partial charge in [-0.1, -0.05) is 11.6 Å². The number of nitrogens with zero attached hydrogens (tertiary/aromatic N) is 1. The molecule has 0 saturated carbocycles. The first-order valence-electron chi connectivity index (χ1n) is 5.86. The van der Waals surface area contributed by atoms with Gasteiger partial charge < -0.3 is 9.84 Å². The molecule has 0 aliphatic carbocycles. The summed E-state index contributed by atoms with van der Waals surface area (Å²) in [5.41, 5.74) is -0.0286. The Kier molecular flexibility index (Phi) is 4.39. The van der Waals surface area contributed by atoms with Crippen molar-refractivity contribution in [2.45, 2.75) is 6.61 Å². The van der Waals surface area contributed by atoms with E-state index in [9.17, 15) is 14.9 Å². The van der Waals surface area contributed by atoms with Gasteiger partial charge in [0.05, 0.1) is 16.1 Å². The van der Waals surface area contributed by atoms with Crippen LogP contribution in [-0.4, -0.2) is 16.0 Å². The molecule has 21 heavy (non-hydrogen) atoms. The second kappa shape index (κ2) is 6.23. The molecule has 2 rings (SSSR count). The van der Waals surface area contributed by atoms with Crippen LogP contribution in [0.25, 0.3) is 0 Å². The van der Waals surface area contributed by atoms with Gasteiger partial charge in [0.1, 0.15) is 12.4 Å². The standard InChI is InChI=1S/C14H10ClNO5/c15-11-2-4-12(5-3-11)21-8-10-7-9(14(17)18)1-6-13(10)16(19)20/h1-7H,8H2,(H,17,18). The van der Waals surface area contributed by atoms with E-state index in [4.69, 9.17) is 21.4 Å². The van der Waals surface area contributed by atoms with E-state index in [0.29, 0.717) is 10.8 Å². The van der Waals surface area contributed by atoms with Gasteiger partial charge >= 0.3 is 5.97 Å². The fraction of sp³-hybridized carbons (Fsp3) is 0.0714. The summed E-state index contributed by atoms with van der Waals surface area (Å²) in [5, 5.41) is 20.4. The summed E-state index contributed by atoms with van der Waals surface area (Å²) < 4.78 is 5.42. The Bertz CT molecular complexity index is 684. The Balaban J connectivity index is 2.24. The van der Waals surface area contributed by atoms with Crippen molar-refractivity contribution in [3.8, 4) is 5.75 Å². The van der Waals surface area contributed by atoms with Crippen LogP contribution >= 0.6 is 11.6 Å². The number of halogens is 1. The van der Waals surface area contributed by atoms with E-state index < -0.39 is 10.9 Å². The first-order valence-corrected chi connectivity index (χ1v) is 6.24. The molecule has 0 aliphatic rings. The molecule has 1 N–H and O–H groups in total. The minimum atomic E-state index is -1.15. The third-order valence-corrected chi connectivity index (χ3v) is 2.98. The lowest BCUT2D eigenvalue weighted by Crippen LogP contribution is -2.04. The average Bonchev–Trinajstić information content (AvgIpc) is 2.46. The van der Waals surface area contributed by atoms with Crippen LogP contribution < -0.4 is 4.74 Å². The number of carboxylic acids is 1. The normalized spacial score (nSPS) is 10.1. The minimum Gasteiger partial charge on any atom is -0.489 e. The number of hydrogen-bond acceptors (Lipinski definition) is 4. The number of benzene rings is 2. The summed E-state index contributed by atoms with van der Waals surface area (Å²) in [4.78, 5) is 21.3. The fourth-order valence-corrected chi connectivity index (χ4v) is 1.83. The molecule has 0 atom stereocenters. The van der Waals surface area contributed by atoms with Gasteiger partial charge in [0, 0.05) is 11.1 Å². The van der Waals surface area contributed by atoms with Crippen LogP contribution in [0.4, 0.5) is 5.69 Å². The van der Waals surface area contributed by atoms with Gasteiger partial charge in [0.25, 0.3) is 5.69 Å². The summed E-state index contributed by atoms with van der Waals surface area (Å²) in [6, 6.07) is 10.1. The molecular weight excluding hydrogens is 298 g/mol. The van der Waals surface area contributed by atoms with Gasteiger partial charge in [-0.05, 0) is 36.4 Å². The molecule has 0 radical (unpaired) electrons. The van der Waals surface area contributed by atoms with Gasteiger partial charge in [-0.2, -0.15) is 0 Å². The summed E-state index contributed by atoms with van der Waals surface area (Å²) >= 11 is 5.74. The quantitative estimate of drug-likeness (QED) is 0.674. The highest BCUT2D eigenvalue weighted by molar-refractivity contribution is 6.30. The number of nitro benzene ring substituents is 1. The summed E-state index contributed by atoms with van der Waals surface area (Å²) in [6.07, 6.45) is 0. The van der Waals surface area contributed by atoms with Crippen molar-refractivity contribution in [1.29, 1.82) is 0 Å². The molecule has 0 aliphatic heterocycles. The third kappa shape index (κ3) is 3.70. The lowest BCUT2D eigenvalue weighted by atomic mass is 10.1. The lowest BCUT2D eigenvalue weighted by molar-refractivity contribution is -0.385. The van der Waals surface area contributed by atoms with Crippen molar-refractivity contribution in [3.05, 3.63) is 68.7 Å². The molecule has 0 amide bonds. The number of nitro groups is 1. The van der Waals surface area contributed by atoms with Crippen molar-refractivity contribution < 1.29 is 19.6 Å². The number of carboxylic acid groups (broad SMARTS) is 1. The van der Waals surface area contributed by atoms with Crippen LogP contribution in [0.2, 0.25) is 5.02 Å². The maximum Gasteiger partial charge on any atom is 0.335 e. The van der Waals surface area contributed by atoms with Crippen molar-refractivity contribution in [1.82, 2.24) is 0 Å². The Morgan fingerprint density at radius 1 is 1.24 bits per heavy atom. The third-order valence-electron chi connectivity index (χ3n) is 2.73. The van der Waals surface area contributed by atoms with E-state index in [1.165, 1.54) is 12.1 Å². The molecule has 2 aromatic rings. The lowest BCUT2D eigenvalue weighted by Gasteiger charge is -2.07. The summed E-state index contributed by atoms with van der Waals surface area (Å²) in [6.45, 7) is -0.112. The second-order valence-electron chi connectivity index (χ2n) is 4.15. The molecule has 0 saturated heterocycles. The first kappa shape index (κ1) is 14.8. The molecule has 108 valence electrons. The Morgan fingerprint density at radius 2 is 1.90 bits per heavy atom. The summed E-state index contributed by atoms with van der Waals surface area (Å²) in [5.74, 6) is -0.674. The Labute approximate surface area is 124 Å². The maximum absolute atomic E-state index is 10.9. The van der Waals surface area contributed by atoms with Crippen molar-refractivity contribution >= 4 is 23.3 Å². The number of aromatic carboxylic acids is 1. The fourth-order valence-electron chi connectivity index (χ4n) is 1.70. The van der Waals surface area contributed by atoms with Gasteiger partial charge in [0.15, 0.2) is 0 Å². The largest absolute Gasteiger partial charge is 0.489 e. The van der Waals surface area contributed by atoms with Crippen molar-refractivity contribution in [2.24, 2.45) is 0 Å². The zero-order valence-electron chi connectivity index (χ0n) is 10.7. The van der Waals surface area contributed by atoms with Crippen LogP contribution in [0, 0.1) is 10.1 Å². The zero-order valence-corrected chi connectivity index (χ0v) is 11.4. The zero-order chi connectivity index (χ0) is 15.4. The smallest absolute Gasteiger partial charge is 0.335 e. The van der Waals surface area contributed by atoms with Crippen molar-refractivity contribution in [3.63, 3.8) is 0 Å². The molecule has 0 heterocycles. The Hall–Kier alpha value is -2.60. The molecule has 0 fully saturated rings. The SMILES string of the molecule is O=C(O)c1ccc([N+](=O)[O-])c(COc2ccc(Cl)cc2)c1. The van der Waals surface area contributed by atoms with Gasteiger partial charge in [-0.25, -0.2) is 4.79 Å². The number of hydrogen-bond donors (Lipinski definition) is 1. The highest BCUT2D eigenvalue weighted by atomic mass is 35.5. The molecule has 0 bridgehead atoms. The summed E-state index contributed by atoms with van der Waals surface area (Å²) in [7, 11) is 0. The molecule has 0 unspecified atom stereocenters. The molecule has 2 aromatic carbocycles. The first-order chi connectivity index (χ1) is 9.97. The molecular formula is C14H10ClNO5. The number of carbonyl (C=O) groups is 1. The minimum absolute atomic E-state index is 0.0321. The van der Waals surface area contributed by atoms with Crippen molar-refractivity contribution in [2.75, 3.05) is 0 Å². The molecule has 0 spiro atoms. The topological polar surface area (TPSA) is 89.7 Å². The van der Waals surface area contributed by atoms with E-state index in [-0.39, 0.29) is 23.4 Å². The van der Waals surface area contributed by atoms with E-state index in [2.05, 4.69) is 0 Å². The van der Waals surface area contributed by atoms with Gasteiger partial charge in [-0.15, -0.1) is 0 Å². The predicted octanol–water partition coefficient (Wildman–Crippen LogP) is 3.53. The van der Waals surface area contributed by atoms with Crippen LogP contribution in [0.15, 0.2) is 42.5 Å². The van der Waals surface area contributed by atoms with E-state index in [0.717, 1.165) is 6.07 Å². The monoisotopic (exact) mass is 307 g/mol. The molecule has 6 nitrogen and oxygen atoms in total. The predicted molar refractivity (Wildman–Crippen MR) is 75.8 cm³/mol. The molecule has 0 aromatic heterocycles. The van der Waals surface area contributed by atoms with E-state index >= 15 is 0 Å². The van der Waals surface area contributed by atoms with Crippen LogP contribution in [0.5, 0.6) is 5.75 Å². The van der Waals surface area contributed by atoms with Crippen LogP contribution in [-0.2, 0) is 6.61 Å². The second-order valence-corrected chi connectivity index (χ2v) is 4.58. The van der Waals surface area contributed by atoms with Gasteiger partial charge in [0.2, 0.25) is 0 Å². The number of rotatable bonds is 5. The maximum atomic E-state index is 10.9. The molecule has 7 heteroatoms. The Morgan fingerprint density at radius 3 is 2.48 bits per heavy atom. The highest BCUT2D eigenvalue weighted by Crippen LogP contribution is 2.23. The van der Waals surface area contributed by atoms with Gasteiger partial charge in [-0.3, -0.25) is 10.1 Å². The van der Waals surface area contributed by atoms with E-state index in [1.807, 2.05) is 0 Å². The number of ether oxygens (including phenoxy) is 1.